The smallest absolute Gasteiger partial charge is 0.243 e. The zero-order valence-electron chi connectivity index (χ0n) is 17.4. The average molecular weight is 429 g/mol. The van der Waals surface area contributed by atoms with Gasteiger partial charge in [-0.2, -0.15) is 4.31 Å². The van der Waals surface area contributed by atoms with Crippen LogP contribution in [0.5, 0.6) is 0 Å². The van der Waals surface area contributed by atoms with Gasteiger partial charge >= 0.3 is 0 Å². The first-order valence-electron chi connectivity index (χ1n) is 10.2. The molecule has 7 heteroatoms. The fourth-order valence-corrected chi connectivity index (χ4v) is 5.20. The van der Waals surface area contributed by atoms with Crippen LogP contribution >= 0.6 is 0 Å². The molecule has 0 bridgehead atoms. The number of hydrogen-bond donors (Lipinski definition) is 1. The van der Waals surface area contributed by atoms with Gasteiger partial charge in [0.1, 0.15) is 0 Å². The maximum atomic E-state index is 12.9. The number of hydrogen-bond acceptors (Lipinski definition) is 4. The van der Waals surface area contributed by atoms with E-state index in [0.29, 0.717) is 38.0 Å². The Morgan fingerprint density at radius 3 is 2.37 bits per heavy atom. The Kier molecular flexibility index (Phi) is 7.05. The lowest BCUT2D eigenvalue weighted by Gasteiger charge is -2.30. The number of nitrogens with zero attached hydrogens (tertiary/aromatic N) is 1. The third-order valence-corrected chi connectivity index (χ3v) is 7.55. The summed E-state index contributed by atoms with van der Waals surface area (Å²) in [6.45, 7) is 4.62. The first-order chi connectivity index (χ1) is 14.3. The van der Waals surface area contributed by atoms with Crippen LogP contribution in [0, 0.1) is 5.92 Å². The highest BCUT2D eigenvalue weighted by Crippen LogP contribution is 2.25. The number of nitrogens with one attached hydrogen (secondary N) is 1. The van der Waals surface area contributed by atoms with E-state index in [4.69, 9.17) is 0 Å². The SMILES string of the molecule is CC(=O)c1cccc(S(=O)(=O)N2CCC(C(=O)NCC(C)c3ccccc3)CC2)c1. The van der Waals surface area contributed by atoms with Gasteiger partial charge < -0.3 is 5.32 Å². The highest BCUT2D eigenvalue weighted by molar-refractivity contribution is 7.89. The van der Waals surface area contributed by atoms with Crippen molar-refractivity contribution in [3.8, 4) is 0 Å². The van der Waals surface area contributed by atoms with Gasteiger partial charge in [0, 0.05) is 31.1 Å². The maximum absolute atomic E-state index is 12.9. The number of benzene rings is 2. The van der Waals surface area contributed by atoms with Crippen molar-refractivity contribution in [3.63, 3.8) is 0 Å². The van der Waals surface area contributed by atoms with Gasteiger partial charge in [0.05, 0.1) is 4.90 Å². The molecule has 0 aromatic heterocycles. The first kappa shape index (κ1) is 22.2. The number of piperidine rings is 1. The minimum absolute atomic E-state index is 0.0200. The Labute approximate surface area is 178 Å². The van der Waals surface area contributed by atoms with E-state index in [1.54, 1.807) is 12.1 Å². The van der Waals surface area contributed by atoms with Crippen LogP contribution in [0.1, 0.15) is 48.5 Å². The molecule has 30 heavy (non-hydrogen) atoms. The highest BCUT2D eigenvalue weighted by Gasteiger charge is 2.32. The van der Waals surface area contributed by atoms with E-state index < -0.39 is 10.0 Å². The van der Waals surface area contributed by atoms with Crippen LogP contribution in [0.15, 0.2) is 59.5 Å². The molecule has 2 aromatic rings. The van der Waals surface area contributed by atoms with E-state index in [1.807, 2.05) is 30.3 Å². The summed E-state index contributed by atoms with van der Waals surface area (Å²) in [6, 6.07) is 16.1. The summed E-state index contributed by atoms with van der Waals surface area (Å²) in [5.41, 5.74) is 1.55. The van der Waals surface area contributed by atoms with E-state index in [9.17, 15) is 18.0 Å². The van der Waals surface area contributed by atoms with Crippen LogP contribution in [0.25, 0.3) is 0 Å². The molecule has 1 heterocycles. The Balaban J connectivity index is 1.55. The molecule has 0 spiro atoms. The van der Waals surface area contributed by atoms with E-state index in [-0.39, 0.29) is 28.4 Å². The molecule has 0 saturated carbocycles. The first-order valence-corrected chi connectivity index (χ1v) is 11.7. The van der Waals surface area contributed by atoms with Crippen molar-refractivity contribution in [1.29, 1.82) is 0 Å². The predicted octanol–water partition coefficient (Wildman–Crippen LogP) is 3.21. The minimum Gasteiger partial charge on any atom is -0.355 e. The van der Waals surface area contributed by atoms with Crippen LogP contribution < -0.4 is 5.32 Å². The summed E-state index contributed by atoms with van der Waals surface area (Å²) in [5, 5.41) is 3.01. The molecule has 1 unspecified atom stereocenters. The van der Waals surface area contributed by atoms with Gasteiger partial charge in [-0.05, 0) is 43.4 Å². The molecule has 2 aromatic carbocycles. The summed E-state index contributed by atoms with van der Waals surface area (Å²) in [4.78, 5) is 24.2. The van der Waals surface area contributed by atoms with Gasteiger partial charge in [-0.1, -0.05) is 49.4 Å². The molecule has 1 aliphatic rings. The van der Waals surface area contributed by atoms with Crippen LogP contribution in [0.2, 0.25) is 0 Å². The lowest BCUT2D eigenvalue weighted by atomic mass is 9.96. The second-order valence-corrected chi connectivity index (χ2v) is 9.76. The van der Waals surface area contributed by atoms with Crippen LogP contribution in [0.4, 0.5) is 0 Å². The molecule has 6 nitrogen and oxygen atoms in total. The zero-order valence-corrected chi connectivity index (χ0v) is 18.2. The van der Waals surface area contributed by atoms with Crippen molar-refractivity contribution in [3.05, 3.63) is 65.7 Å². The summed E-state index contributed by atoms with van der Waals surface area (Å²) in [5.74, 6) is -0.173. The van der Waals surface area contributed by atoms with E-state index in [2.05, 4.69) is 12.2 Å². The average Bonchev–Trinajstić information content (AvgIpc) is 2.78. The molecule has 0 aliphatic carbocycles. The van der Waals surface area contributed by atoms with Crippen LogP contribution in [-0.2, 0) is 14.8 Å². The van der Waals surface area contributed by atoms with E-state index in [1.165, 1.54) is 28.9 Å². The molecular formula is C23H28N2O4S. The number of ketones is 1. The molecular weight excluding hydrogens is 400 g/mol. The zero-order chi connectivity index (χ0) is 21.7. The van der Waals surface area contributed by atoms with Gasteiger partial charge in [-0.3, -0.25) is 9.59 Å². The summed E-state index contributed by atoms with van der Waals surface area (Å²) in [7, 11) is -3.68. The van der Waals surface area contributed by atoms with Crippen molar-refractivity contribution >= 4 is 21.7 Å². The predicted molar refractivity (Wildman–Crippen MR) is 116 cm³/mol. The maximum Gasteiger partial charge on any atom is 0.243 e. The molecule has 160 valence electrons. The second kappa shape index (κ2) is 9.53. The van der Waals surface area contributed by atoms with Crippen LogP contribution in [-0.4, -0.2) is 44.0 Å². The standard InChI is InChI=1S/C23H28N2O4S/c1-17(19-7-4-3-5-8-19)16-24-23(27)20-11-13-25(14-12-20)30(28,29)22-10-6-9-21(15-22)18(2)26/h3-10,15,17,20H,11-14,16H2,1-2H3,(H,24,27). The lowest BCUT2D eigenvalue weighted by molar-refractivity contribution is -0.126. The number of carbonyl (C=O) groups is 2. The molecule has 1 saturated heterocycles. The number of carbonyl (C=O) groups excluding carboxylic acids is 2. The minimum atomic E-state index is -3.68. The summed E-state index contributed by atoms with van der Waals surface area (Å²) >= 11 is 0. The molecule has 0 radical (unpaired) electrons. The van der Waals surface area contributed by atoms with E-state index >= 15 is 0 Å². The summed E-state index contributed by atoms with van der Waals surface area (Å²) in [6.07, 6.45) is 0.967. The topological polar surface area (TPSA) is 83.6 Å². The Morgan fingerprint density at radius 1 is 1.07 bits per heavy atom. The molecule has 1 fully saturated rings. The van der Waals surface area contributed by atoms with Gasteiger partial charge in [0.2, 0.25) is 15.9 Å². The molecule has 3 rings (SSSR count). The third kappa shape index (κ3) is 5.15. The quantitative estimate of drug-likeness (QED) is 0.687. The second-order valence-electron chi connectivity index (χ2n) is 7.82. The van der Waals surface area contributed by atoms with Gasteiger partial charge in [-0.15, -0.1) is 0 Å². The monoisotopic (exact) mass is 428 g/mol. The normalized spacial score (nSPS) is 16.7. The van der Waals surface area contributed by atoms with Gasteiger partial charge in [0.15, 0.2) is 5.78 Å². The fraction of sp³-hybridized carbons (Fsp3) is 0.391. The highest BCUT2D eigenvalue weighted by atomic mass is 32.2. The van der Waals surface area contributed by atoms with Gasteiger partial charge in [-0.25, -0.2) is 8.42 Å². The van der Waals surface area contributed by atoms with Gasteiger partial charge in [0.25, 0.3) is 0 Å². The van der Waals surface area contributed by atoms with Crippen molar-refractivity contribution in [2.45, 2.75) is 37.5 Å². The number of sulfonamides is 1. The number of Topliss-reactive ketones (excluding diaryl/α,β-unsaturated/α-hetero) is 1. The molecule has 1 amide bonds. The molecule has 1 aliphatic heterocycles. The lowest BCUT2D eigenvalue weighted by Crippen LogP contribution is -2.43. The van der Waals surface area contributed by atoms with Crippen molar-refractivity contribution in [1.82, 2.24) is 9.62 Å². The summed E-state index contributed by atoms with van der Waals surface area (Å²) < 4.78 is 27.3. The van der Waals surface area contributed by atoms with Crippen LogP contribution in [0.3, 0.4) is 0 Å². The number of rotatable bonds is 7. The van der Waals surface area contributed by atoms with Crippen molar-refractivity contribution < 1.29 is 18.0 Å². The Morgan fingerprint density at radius 2 is 1.73 bits per heavy atom. The van der Waals surface area contributed by atoms with E-state index in [0.717, 1.165) is 0 Å². The number of amides is 1. The molecule has 1 atom stereocenters. The fourth-order valence-electron chi connectivity index (χ4n) is 3.68. The molecule has 1 N–H and O–H groups in total. The Bertz CT molecular complexity index is 997. The Hall–Kier alpha value is -2.51. The third-order valence-electron chi connectivity index (χ3n) is 5.65. The van der Waals surface area contributed by atoms with Crippen molar-refractivity contribution in [2.24, 2.45) is 5.92 Å². The largest absolute Gasteiger partial charge is 0.355 e. The van der Waals surface area contributed by atoms with Crippen molar-refractivity contribution in [2.75, 3.05) is 19.6 Å².